The minimum absolute atomic E-state index is 0.0859. The first-order valence-electron chi connectivity index (χ1n) is 7.00. The van der Waals surface area contributed by atoms with E-state index in [1.807, 2.05) is 48.5 Å². The zero-order chi connectivity index (χ0) is 14.9. The van der Waals surface area contributed by atoms with E-state index in [1.54, 1.807) is 0 Å². The van der Waals surface area contributed by atoms with E-state index in [0.717, 1.165) is 28.2 Å². The van der Waals surface area contributed by atoms with E-state index in [1.165, 1.54) is 0 Å². The summed E-state index contributed by atoms with van der Waals surface area (Å²) in [5.74, 6) is 1.65. The maximum absolute atomic E-state index is 5.54. The zero-order valence-corrected chi connectivity index (χ0v) is 12.5. The Balaban J connectivity index is 1.80. The van der Waals surface area contributed by atoms with Crippen LogP contribution in [0.4, 0.5) is 0 Å². The highest BCUT2D eigenvalue weighted by atomic mass is 16.6. The van der Waals surface area contributed by atoms with Gasteiger partial charge < -0.3 is 9.82 Å². The molecule has 0 unspecified atom stereocenters. The average Bonchev–Trinajstić information content (AvgIpc) is 2.89. The Morgan fingerprint density at radius 3 is 2.38 bits per heavy atom. The lowest BCUT2D eigenvalue weighted by molar-refractivity contribution is 0.119. The zero-order valence-electron chi connectivity index (χ0n) is 12.5. The van der Waals surface area contributed by atoms with Crippen molar-refractivity contribution in [1.29, 1.82) is 0 Å². The summed E-state index contributed by atoms with van der Waals surface area (Å²) in [6.45, 7) is 6.15. The summed E-state index contributed by atoms with van der Waals surface area (Å²) in [6, 6.07) is 15.9. The molecule has 3 aromatic rings. The molecule has 21 heavy (non-hydrogen) atoms. The van der Waals surface area contributed by atoms with Crippen molar-refractivity contribution < 1.29 is 4.84 Å². The predicted molar refractivity (Wildman–Crippen MR) is 85.0 cm³/mol. The molecule has 0 saturated heterocycles. The molecule has 2 N–H and O–H groups in total. The summed E-state index contributed by atoms with van der Waals surface area (Å²) in [5.41, 5.74) is 5.96. The van der Waals surface area contributed by atoms with Crippen LogP contribution in [0.1, 0.15) is 20.8 Å². The predicted octanol–water partition coefficient (Wildman–Crippen LogP) is 3.91. The fraction of sp³-hybridized carbons (Fsp3) is 0.235. The number of hydrogen-bond acceptors (Lipinski definition) is 3. The van der Waals surface area contributed by atoms with Gasteiger partial charge in [-0.15, -0.1) is 0 Å². The maximum atomic E-state index is 5.54. The highest BCUT2D eigenvalue weighted by Gasteiger charge is 2.10. The highest BCUT2D eigenvalue weighted by molar-refractivity contribution is 5.79. The van der Waals surface area contributed by atoms with Gasteiger partial charge in [-0.05, 0) is 57.2 Å². The van der Waals surface area contributed by atoms with Crippen molar-refractivity contribution >= 4 is 11.0 Å². The summed E-state index contributed by atoms with van der Waals surface area (Å²) in [5, 5.41) is 0. The average molecular weight is 281 g/mol. The van der Waals surface area contributed by atoms with Crippen LogP contribution in [0.15, 0.2) is 48.5 Å². The molecule has 108 valence electrons. The lowest BCUT2D eigenvalue weighted by atomic mass is 10.1. The van der Waals surface area contributed by atoms with Crippen LogP contribution in [0.3, 0.4) is 0 Å². The van der Waals surface area contributed by atoms with Crippen LogP contribution >= 0.6 is 0 Å². The number of nitrogens with one attached hydrogen (secondary N) is 2. The normalized spacial score (nSPS) is 11.8. The minimum atomic E-state index is -0.0859. The van der Waals surface area contributed by atoms with Crippen LogP contribution in [-0.2, 0) is 0 Å². The molecule has 0 amide bonds. The van der Waals surface area contributed by atoms with Gasteiger partial charge in [-0.25, -0.2) is 4.98 Å². The van der Waals surface area contributed by atoms with Crippen LogP contribution in [0.25, 0.3) is 22.4 Å². The first-order chi connectivity index (χ1) is 10.0. The van der Waals surface area contributed by atoms with Crippen molar-refractivity contribution in [2.75, 3.05) is 0 Å². The minimum Gasteiger partial charge on any atom is -0.408 e. The van der Waals surface area contributed by atoms with Gasteiger partial charge in [0.15, 0.2) is 0 Å². The second-order valence-electron chi connectivity index (χ2n) is 6.08. The van der Waals surface area contributed by atoms with Crippen molar-refractivity contribution in [3.8, 4) is 17.1 Å². The van der Waals surface area contributed by atoms with E-state index in [2.05, 4.69) is 36.2 Å². The van der Waals surface area contributed by atoms with Gasteiger partial charge in [-0.2, -0.15) is 5.48 Å². The second-order valence-corrected chi connectivity index (χ2v) is 6.08. The number of H-pyrrole nitrogens is 1. The van der Waals surface area contributed by atoms with Gasteiger partial charge in [0.2, 0.25) is 0 Å². The molecule has 0 aliphatic heterocycles. The molecule has 1 aromatic heterocycles. The monoisotopic (exact) mass is 281 g/mol. The Morgan fingerprint density at radius 1 is 1.00 bits per heavy atom. The van der Waals surface area contributed by atoms with Gasteiger partial charge in [0.25, 0.3) is 0 Å². The van der Waals surface area contributed by atoms with Gasteiger partial charge in [0.1, 0.15) is 11.6 Å². The van der Waals surface area contributed by atoms with E-state index in [-0.39, 0.29) is 5.54 Å². The smallest absolute Gasteiger partial charge is 0.147 e. The number of aromatic nitrogens is 2. The molecule has 1 heterocycles. The van der Waals surface area contributed by atoms with Gasteiger partial charge >= 0.3 is 0 Å². The quantitative estimate of drug-likeness (QED) is 0.716. The van der Waals surface area contributed by atoms with Gasteiger partial charge in [0.05, 0.1) is 11.0 Å². The van der Waals surface area contributed by atoms with Gasteiger partial charge in [-0.1, -0.05) is 12.1 Å². The number of hydrogen-bond donors (Lipinski definition) is 2. The summed E-state index contributed by atoms with van der Waals surface area (Å²) < 4.78 is 0. The third-order valence-corrected chi connectivity index (χ3v) is 2.99. The van der Waals surface area contributed by atoms with E-state index in [4.69, 9.17) is 4.84 Å². The molecule has 2 aromatic carbocycles. The first kappa shape index (κ1) is 13.6. The van der Waals surface area contributed by atoms with Crippen molar-refractivity contribution in [3.05, 3.63) is 48.5 Å². The Kier molecular flexibility index (Phi) is 3.39. The third-order valence-electron chi connectivity index (χ3n) is 2.99. The molecule has 0 saturated carbocycles. The number of rotatable bonds is 3. The van der Waals surface area contributed by atoms with Crippen LogP contribution in [-0.4, -0.2) is 15.5 Å². The van der Waals surface area contributed by atoms with Crippen LogP contribution < -0.4 is 10.3 Å². The molecule has 0 radical (unpaired) electrons. The number of nitrogens with zero attached hydrogens (tertiary/aromatic N) is 1. The van der Waals surface area contributed by atoms with E-state index >= 15 is 0 Å². The number of aromatic amines is 1. The van der Waals surface area contributed by atoms with Gasteiger partial charge in [0, 0.05) is 11.1 Å². The second kappa shape index (κ2) is 5.22. The summed E-state index contributed by atoms with van der Waals surface area (Å²) >= 11 is 0. The SMILES string of the molecule is CC(C)(C)NOc1ccc(-c2nc3ccccc3[nH]2)cc1. The molecular weight excluding hydrogens is 262 g/mol. The molecular formula is C17H19N3O. The molecule has 0 atom stereocenters. The van der Waals surface area contributed by atoms with E-state index in [9.17, 15) is 0 Å². The fourth-order valence-electron chi connectivity index (χ4n) is 1.98. The van der Waals surface area contributed by atoms with Crippen molar-refractivity contribution in [1.82, 2.24) is 15.4 Å². The van der Waals surface area contributed by atoms with Crippen molar-refractivity contribution in [3.63, 3.8) is 0 Å². The molecule has 4 nitrogen and oxygen atoms in total. The summed E-state index contributed by atoms with van der Waals surface area (Å²) in [6.07, 6.45) is 0. The van der Waals surface area contributed by atoms with Crippen molar-refractivity contribution in [2.45, 2.75) is 26.3 Å². The van der Waals surface area contributed by atoms with Crippen LogP contribution in [0.2, 0.25) is 0 Å². The van der Waals surface area contributed by atoms with Gasteiger partial charge in [-0.3, -0.25) is 0 Å². The molecule has 4 heteroatoms. The first-order valence-corrected chi connectivity index (χ1v) is 7.00. The Hall–Kier alpha value is -2.33. The molecule has 0 aliphatic rings. The summed E-state index contributed by atoms with van der Waals surface area (Å²) in [7, 11) is 0. The standard InChI is InChI=1S/C17H19N3O/c1-17(2,3)20-21-13-10-8-12(9-11-13)16-18-14-6-4-5-7-15(14)19-16/h4-11,20H,1-3H3,(H,18,19). The molecule has 0 spiro atoms. The molecule has 0 aliphatic carbocycles. The third kappa shape index (κ3) is 3.23. The maximum Gasteiger partial charge on any atom is 0.147 e. The topological polar surface area (TPSA) is 49.9 Å². The van der Waals surface area contributed by atoms with Crippen molar-refractivity contribution in [2.24, 2.45) is 0 Å². The molecule has 0 fully saturated rings. The van der Waals surface area contributed by atoms with E-state index in [0.29, 0.717) is 0 Å². The molecule has 0 bridgehead atoms. The van der Waals surface area contributed by atoms with Crippen LogP contribution in [0.5, 0.6) is 5.75 Å². The Bertz CT molecular complexity index is 706. The lowest BCUT2D eigenvalue weighted by Gasteiger charge is -2.20. The molecule has 3 rings (SSSR count). The fourth-order valence-corrected chi connectivity index (χ4v) is 1.98. The largest absolute Gasteiger partial charge is 0.408 e. The number of para-hydroxylation sites is 2. The lowest BCUT2D eigenvalue weighted by Crippen LogP contribution is -2.38. The van der Waals surface area contributed by atoms with Crippen LogP contribution in [0, 0.1) is 0 Å². The highest BCUT2D eigenvalue weighted by Crippen LogP contribution is 2.22. The summed E-state index contributed by atoms with van der Waals surface area (Å²) in [4.78, 5) is 13.4. The number of benzene rings is 2. The number of imidazole rings is 1. The number of hydroxylamine groups is 1. The number of fused-ring (bicyclic) bond motifs is 1. The van der Waals surface area contributed by atoms with E-state index < -0.39 is 0 Å². The Morgan fingerprint density at radius 2 is 1.71 bits per heavy atom. The Labute approximate surface area is 124 Å².